The number of nitrogens with one attached hydrogen (secondary N) is 1. The van der Waals surface area contributed by atoms with Crippen molar-refractivity contribution in [1.82, 2.24) is 0 Å². The lowest BCUT2D eigenvalue weighted by molar-refractivity contribution is -0.146. The van der Waals surface area contributed by atoms with Crippen LogP contribution in [-0.2, 0) is 9.59 Å². The monoisotopic (exact) mass is 380 g/mol. The number of anilines is 1. The van der Waals surface area contributed by atoms with E-state index in [4.69, 9.17) is 0 Å². The predicted octanol–water partition coefficient (Wildman–Crippen LogP) is 4.51. The summed E-state index contributed by atoms with van der Waals surface area (Å²) in [7, 11) is 0. The quantitative estimate of drug-likeness (QED) is 0.764. The first-order valence-corrected chi connectivity index (χ1v) is 9.53. The highest BCUT2D eigenvalue weighted by molar-refractivity contribution is 7.17. The molecule has 27 heavy (non-hydrogen) atoms. The maximum Gasteiger partial charge on any atom is 0.307 e. The van der Waals surface area contributed by atoms with Crippen LogP contribution < -0.4 is 5.32 Å². The smallest absolute Gasteiger partial charge is 0.307 e. The molecule has 1 aliphatic rings. The predicted molar refractivity (Wildman–Crippen MR) is 106 cm³/mol. The molecule has 2 atom stereocenters. The number of allylic oxidation sites excluding steroid dienone is 2. The second-order valence-corrected chi connectivity index (χ2v) is 7.92. The minimum atomic E-state index is -0.970. The van der Waals surface area contributed by atoms with Gasteiger partial charge in [0.1, 0.15) is 11.1 Å². The van der Waals surface area contributed by atoms with Crippen LogP contribution in [0.2, 0.25) is 0 Å². The lowest BCUT2D eigenvalue weighted by Gasteiger charge is -2.23. The molecule has 1 aliphatic carbocycles. The van der Waals surface area contributed by atoms with Crippen LogP contribution in [0.5, 0.6) is 0 Å². The number of carboxylic acids is 1. The van der Waals surface area contributed by atoms with Gasteiger partial charge in [-0.05, 0) is 32.3 Å². The first-order chi connectivity index (χ1) is 12.9. The largest absolute Gasteiger partial charge is 0.481 e. The SMILES string of the molecule is Cc1ccc(-c2c(C)sc(NC(=O)[C@H]3CC=CC[C@H]3C(=O)O)c2C#N)cc1. The second-order valence-electron chi connectivity index (χ2n) is 6.70. The van der Waals surface area contributed by atoms with Crippen LogP contribution in [-0.4, -0.2) is 17.0 Å². The number of aliphatic carboxylic acids is 1. The molecule has 5 nitrogen and oxygen atoms in total. The number of nitrogens with zero attached hydrogens (tertiary/aromatic N) is 1. The minimum Gasteiger partial charge on any atom is -0.481 e. The average Bonchev–Trinajstić information content (AvgIpc) is 2.97. The summed E-state index contributed by atoms with van der Waals surface area (Å²) < 4.78 is 0. The maximum absolute atomic E-state index is 12.7. The Morgan fingerprint density at radius 3 is 2.37 bits per heavy atom. The van der Waals surface area contributed by atoms with Crippen molar-refractivity contribution in [3.63, 3.8) is 0 Å². The molecular weight excluding hydrogens is 360 g/mol. The molecule has 0 bridgehead atoms. The molecule has 0 fully saturated rings. The third kappa shape index (κ3) is 3.79. The molecule has 0 unspecified atom stereocenters. The number of carboxylic acid groups (broad SMARTS) is 1. The molecule has 2 N–H and O–H groups in total. The van der Waals surface area contributed by atoms with Gasteiger partial charge in [0.15, 0.2) is 0 Å². The van der Waals surface area contributed by atoms with E-state index >= 15 is 0 Å². The first-order valence-electron chi connectivity index (χ1n) is 8.71. The number of amides is 1. The summed E-state index contributed by atoms with van der Waals surface area (Å²) >= 11 is 1.35. The Labute approximate surface area is 162 Å². The van der Waals surface area contributed by atoms with Crippen LogP contribution in [0.15, 0.2) is 36.4 Å². The van der Waals surface area contributed by atoms with E-state index in [-0.39, 0.29) is 5.91 Å². The van der Waals surface area contributed by atoms with Gasteiger partial charge in [-0.15, -0.1) is 11.3 Å². The van der Waals surface area contributed by atoms with Gasteiger partial charge in [-0.2, -0.15) is 5.26 Å². The normalized spacial score (nSPS) is 18.7. The van der Waals surface area contributed by atoms with Crippen molar-refractivity contribution in [3.8, 4) is 17.2 Å². The number of hydrogen-bond acceptors (Lipinski definition) is 4. The van der Waals surface area contributed by atoms with E-state index < -0.39 is 17.8 Å². The Kier molecular flexibility index (Phi) is 5.43. The summed E-state index contributed by atoms with van der Waals surface area (Å²) in [5.41, 5.74) is 3.29. The van der Waals surface area contributed by atoms with Gasteiger partial charge in [0.2, 0.25) is 5.91 Å². The Morgan fingerprint density at radius 1 is 1.15 bits per heavy atom. The Hall–Kier alpha value is -2.91. The molecule has 1 aromatic heterocycles. The zero-order valence-corrected chi connectivity index (χ0v) is 16.0. The first kappa shape index (κ1) is 18.9. The van der Waals surface area contributed by atoms with Gasteiger partial charge in [-0.25, -0.2) is 0 Å². The van der Waals surface area contributed by atoms with Crippen molar-refractivity contribution in [3.05, 3.63) is 52.4 Å². The number of thiophene rings is 1. The molecule has 0 radical (unpaired) electrons. The minimum absolute atomic E-state index is 0.344. The zero-order chi connectivity index (χ0) is 19.6. The zero-order valence-electron chi connectivity index (χ0n) is 15.2. The van der Waals surface area contributed by atoms with Gasteiger partial charge in [0, 0.05) is 10.4 Å². The third-order valence-corrected chi connectivity index (χ3v) is 5.88. The lowest BCUT2D eigenvalue weighted by atomic mass is 9.82. The number of hydrogen-bond donors (Lipinski definition) is 2. The Bertz CT molecular complexity index is 951. The summed E-state index contributed by atoms with van der Waals surface area (Å²) in [4.78, 5) is 25.1. The van der Waals surface area contributed by atoms with E-state index in [0.717, 1.165) is 21.6 Å². The van der Waals surface area contributed by atoms with Crippen LogP contribution in [0.25, 0.3) is 11.1 Å². The summed E-state index contributed by atoms with van der Waals surface area (Å²) in [6.07, 6.45) is 4.37. The molecular formula is C21H20N2O3S. The van der Waals surface area contributed by atoms with E-state index in [1.165, 1.54) is 11.3 Å². The fourth-order valence-corrected chi connectivity index (χ4v) is 4.42. The van der Waals surface area contributed by atoms with Crippen LogP contribution in [0, 0.1) is 37.0 Å². The number of aryl methyl sites for hydroxylation is 2. The maximum atomic E-state index is 12.7. The van der Waals surface area contributed by atoms with Crippen LogP contribution in [0.3, 0.4) is 0 Å². The molecule has 2 aromatic rings. The summed E-state index contributed by atoms with van der Waals surface area (Å²) in [6.45, 7) is 3.92. The topological polar surface area (TPSA) is 90.2 Å². The molecule has 1 amide bonds. The highest BCUT2D eigenvalue weighted by Gasteiger charge is 2.34. The second kappa shape index (κ2) is 7.77. The van der Waals surface area contributed by atoms with E-state index in [2.05, 4.69) is 11.4 Å². The van der Waals surface area contributed by atoms with Gasteiger partial charge in [0.25, 0.3) is 0 Å². The summed E-state index contributed by atoms with van der Waals surface area (Å²) in [5, 5.41) is 22.4. The molecule has 1 heterocycles. The van der Waals surface area contributed by atoms with Crippen molar-refractivity contribution in [2.45, 2.75) is 26.7 Å². The van der Waals surface area contributed by atoms with Gasteiger partial charge in [-0.3, -0.25) is 9.59 Å². The molecule has 6 heteroatoms. The number of benzene rings is 1. The molecule has 0 spiro atoms. The van der Waals surface area contributed by atoms with Gasteiger partial charge >= 0.3 is 5.97 Å². The van der Waals surface area contributed by atoms with Gasteiger partial charge in [0.05, 0.1) is 17.4 Å². The lowest BCUT2D eigenvalue weighted by Crippen LogP contribution is -2.34. The van der Waals surface area contributed by atoms with Crippen molar-refractivity contribution < 1.29 is 14.7 Å². The van der Waals surface area contributed by atoms with Crippen molar-refractivity contribution in [2.24, 2.45) is 11.8 Å². The van der Waals surface area contributed by atoms with E-state index in [9.17, 15) is 20.0 Å². The summed E-state index contributed by atoms with van der Waals surface area (Å²) in [5.74, 6) is -2.69. The van der Waals surface area contributed by atoms with Crippen LogP contribution >= 0.6 is 11.3 Å². The van der Waals surface area contributed by atoms with E-state index in [1.807, 2.05) is 44.2 Å². The highest BCUT2D eigenvalue weighted by atomic mass is 32.1. The average molecular weight is 380 g/mol. The van der Waals surface area contributed by atoms with E-state index in [0.29, 0.717) is 23.4 Å². The molecule has 0 saturated heterocycles. The molecule has 0 aliphatic heterocycles. The highest BCUT2D eigenvalue weighted by Crippen LogP contribution is 2.40. The summed E-state index contributed by atoms with van der Waals surface area (Å²) in [6, 6.07) is 10.1. The standard InChI is InChI=1S/C21H20N2O3S/c1-12-7-9-14(10-8-12)18-13(2)27-20(17(18)11-22)23-19(24)15-5-3-4-6-16(15)21(25)26/h3-4,7-10,15-16H,5-6H2,1-2H3,(H,23,24)(H,25,26)/t15-,16+/m0/s1. The Balaban J connectivity index is 1.92. The van der Waals surface area contributed by atoms with E-state index in [1.54, 1.807) is 6.08 Å². The van der Waals surface area contributed by atoms with Crippen molar-refractivity contribution in [1.29, 1.82) is 5.26 Å². The number of carbonyl (C=O) groups excluding carboxylic acids is 1. The fourth-order valence-electron chi connectivity index (χ4n) is 3.39. The van der Waals surface area contributed by atoms with Crippen LogP contribution in [0.4, 0.5) is 5.00 Å². The molecule has 3 rings (SSSR count). The number of nitriles is 1. The Morgan fingerprint density at radius 2 is 1.78 bits per heavy atom. The molecule has 138 valence electrons. The fraction of sp³-hybridized carbons (Fsp3) is 0.286. The van der Waals surface area contributed by atoms with Crippen molar-refractivity contribution >= 4 is 28.2 Å². The molecule has 0 saturated carbocycles. The van der Waals surface area contributed by atoms with Crippen molar-refractivity contribution in [2.75, 3.05) is 5.32 Å². The third-order valence-electron chi connectivity index (χ3n) is 4.86. The van der Waals surface area contributed by atoms with Gasteiger partial charge in [-0.1, -0.05) is 42.0 Å². The molecule has 1 aromatic carbocycles. The van der Waals surface area contributed by atoms with Gasteiger partial charge < -0.3 is 10.4 Å². The van der Waals surface area contributed by atoms with Crippen LogP contribution in [0.1, 0.15) is 28.8 Å². The number of carbonyl (C=O) groups is 2. The number of rotatable bonds is 4.